The smallest absolute Gasteiger partial charge is 0.238 e. The first-order valence-corrected chi connectivity index (χ1v) is 10.1. The Morgan fingerprint density at radius 1 is 1.00 bits per heavy atom. The van der Waals surface area contributed by atoms with Crippen molar-refractivity contribution in [3.8, 4) is 0 Å². The number of nitrogens with zero attached hydrogens (tertiary/aromatic N) is 1. The first kappa shape index (κ1) is 17.4. The lowest BCUT2D eigenvalue weighted by molar-refractivity contribution is -0.127. The number of carbonyl (C=O) groups excluding carboxylic acids is 1. The largest absolute Gasteiger partial charge is 0.318 e. The Balaban J connectivity index is 2.04. The molecule has 1 amide bonds. The minimum absolute atomic E-state index is 0.0496. The molecule has 0 bridgehead atoms. The van der Waals surface area contributed by atoms with Crippen LogP contribution in [0.1, 0.15) is 29.5 Å². The predicted molar refractivity (Wildman–Crippen MR) is 98.8 cm³/mol. The van der Waals surface area contributed by atoms with E-state index in [1.807, 2.05) is 44.3 Å². The highest BCUT2D eigenvalue weighted by molar-refractivity contribution is 7.90. The third kappa shape index (κ3) is 3.37. The summed E-state index contributed by atoms with van der Waals surface area (Å²) in [4.78, 5) is 14.8. The van der Waals surface area contributed by atoms with Gasteiger partial charge in [0.2, 0.25) is 5.91 Å². The third-order valence-corrected chi connectivity index (χ3v) is 5.63. The highest BCUT2D eigenvalue weighted by atomic mass is 32.2. The molecule has 1 heterocycles. The molecule has 25 heavy (non-hydrogen) atoms. The Kier molecular flexibility index (Phi) is 4.52. The van der Waals surface area contributed by atoms with Crippen molar-refractivity contribution >= 4 is 21.3 Å². The molecule has 0 N–H and O–H groups in total. The van der Waals surface area contributed by atoms with Crippen LogP contribution in [0.5, 0.6) is 0 Å². The predicted octanol–water partition coefficient (Wildman–Crippen LogP) is 3.39. The van der Waals surface area contributed by atoms with Gasteiger partial charge < -0.3 is 4.90 Å². The van der Waals surface area contributed by atoms with Crippen molar-refractivity contribution in [2.45, 2.75) is 24.7 Å². The van der Waals surface area contributed by atoms with Crippen LogP contribution in [-0.4, -0.2) is 32.0 Å². The van der Waals surface area contributed by atoms with E-state index in [0.29, 0.717) is 6.54 Å². The average molecular weight is 355 g/mol. The molecule has 0 aliphatic carbocycles. The van der Waals surface area contributed by atoms with Crippen molar-refractivity contribution in [3.63, 3.8) is 0 Å². The molecule has 0 aromatic heterocycles. The first-order valence-electron chi connectivity index (χ1n) is 8.20. The van der Waals surface area contributed by atoms with Crippen molar-refractivity contribution in [3.05, 3.63) is 71.4 Å². The zero-order valence-electron chi connectivity index (χ0n) is 14.6. The molecule has 0 spiro atoms. The summed E-state index contributed by atoms with van der Waals surface area (Å²) in [5.74, 6) is -0.307. The number of amides is 1. The summed E-state index contributed by atoms with van der Waals surface area (Å²) in [5, 5.41) is 0. The number of likely N-dealkylation sites (N-methyl/N-ethyl adjacent to an activating group) is 1. The molecule has 0 radical (unpaired) electrons. The molecule has 1 atom stereocenters. The standard InChI is InChI=1S/C20H21NO3S/c1-4-21-13-18(15-9-11-17(12-10-15)25(3,23)24)19(20(21)22)16-7-5-14(2)6-8-16/h5-13,19H,4H2,1-3H3. The molecular formula is C20H21NO3S. The van der Waals surface area contributed by atoms with Gasteiger partial charge in [0.05, 0.1) is 10.8 Å². The van der Waals surface area contributed by atoms with Crippen molar-refractivity contribution in [2.75, 3.05) is 12.8 Å². The van der Waals surface area contributed by atoms with Crippen LogP contribution in [0.15, 0.2) is 59.6 Å². The van der Waals surface area contributed by atoms with Gasteiger partial charge in [0.25, 0.3) is 0 Å². The van der Waals surface area contributed by atoms with Gasteiger partial charge in [-0.1, -0.05) is 42.0 Å². The van der Waals surface area contributed by atoms with Gasteiger partial charge in [0, 0.05) is 19.0 Å². The minimum atomic E-state index is -3.24. The van der Waals surface area contributed by atoms with Crippen molar-refractivity contribution in [2.24, 2.45) is 0 Å². The van der Waals surface area contributed by atoms with Gasteiger partial charge in [0.15, 0.2) is 9.84 Å². The normalized spacial score (nSPS) is 17.7. The van der Waals surface area contributed by atoms with E-state index < -0.39 is 9.84 Å². The lowest BCUT2D eigenvalue weighted by atomic mass is 9.88. The van der Waals surface area contributed by atoms with Gasteiger partial charge in [-0.25, -0.2) is 8.42 Å². The maximum Gasteiger partial charge on any atom is 0.238 e. The number of hydrogen-bond acceptors (Lipinski definition) is 3. The number of aryl methyl sites for hydroxylation is 1. The zero-order valence-corrected chi connectivity index (χ0v) is 15.4. The fraction of sp³-hybridized carbons (Fsp3) is 0.250. The Morgan fingerprint density at radius 3 is 2.12 bits per heavy atom. The van der Waals surface area contributed by atoms with Crippen molar-refractivity contribution in [1.82, 2.24) is 4.90 Å². The molecule has 1 unspecified atom stereocenters. The van der Waals surface area contributed by atoms with E-state index in [1.54, 1.807) is 29.2 Å². The molecule has 130 valence electrons. The number of rotatable bonds is 4. The molecule has 4 nitrogen and oxygen atoms in total. The number of sulfone groups is 1. The van der Waals surface area contributed by atoms with Crippen LogP contribution in [0.25, 0.3) is 5.57 Å². The van der Waals surface area contributed by atoms with E-state index in [-0.39, 0.29) is 16.7 Å². The van der Waals surface area contributed by atoms with Crippen molar-refractivity contribution < 1.29 is 13.2 Å². The Hall–Kier alpha value is -2.40. The molecule has 1 aliphatic rings. The molecule has 0 saturated heterocycles. The second-order valence-electron chi connectivity index (χ2n) is 6.35. The summed E-state index contributed by atoms with van der Waals surface area (Å²) in [6, 6.07) is 14.7. The third-order valence-electron chi connectivity index (χ3n) is 4.50. The summed E-state index contributed by atoms with van der Waals surface area (Å²) < 4.78 is 23.3. The quantitative estimate of drug-likeness (QED) is 0.845. The molecule has 2 aromatic rings. The lowest BCUT2D eigenvalue weighted by Crippen LogP contribution is -2.24. The van der Waals surface area contributed by atoms with E-state index in [2.05, 4.69) is 0 Å². The summed E-state index contributed by atoms with van der Waals surface area (Å²) in [7, 11) is -3.24. The van der Waals surface area contributed by atoms with E-state index in [4.69, 9.17) is 0 Å². The molecule has 5 heteroatoms. The number of carbonyl (C=O) groups is 1. The molecule has 3 rings (SSSR count). The second kappa shape index (κ2) is 6.48. The van der Waals surface area contributed by atoms with Crippen LogP contribution in [0, 0.1) is 6.92 Å². The van der Waals surface area contributed by atoms with Gasteiger partial charge in [0.1, 0.15) is 0 Å². The summed E-state index contributed by atoms with van der Waals surface area (Å²) >= 11 is 0. The maximum atomic E-state index is 12.8. The van der Waals surface area contributed by atoms with Gasteiger partial charge in [-0.3, -0.25) is 4.79 Å². The lowest BCUT2D eigenvalue weighted by Gasteiger charge is -2.16. The fourth-order valence-corrected chi connectivity index (χ4v) is 3.70. The second-order valence-corrected chi connectivity index (χ2v) is 8.36. The monoisotopic (exact) mass is 355 g/mol. The van der Waals surface area contributed by atoms with Crippen LogP contribution in [-0.2, 0) is 14.6 Å². The van der Waals surface area contributed by atoms with Gasteiger partial charge >= 0.3 is 0 Å². The first-order chi connectivity index (χ1) is 11.8. The van der Waals surface area contributed by atoms with Crippen LogP contribution < -0.4 is 0 Å². The summed E-state index contributed by atoms with van der Waals surface area (Å²) in [5.41, 5.74) is 3.85. The van der Waals surface area contributed by atoms with Gasteiger partial charge in [-0.05, 0) is 42.7 Å². The average Bonchev–Trinajstić information content (AvgIpc) is 2.91. The highest BCUT2D eigenvalue weighted by Crippen LogP contribution is 2.39. The molecule has 1 aliphatic heterocycles. The van der Waals surface area contributed by atoms with E-state index in [1.165, 1.54) is 6.26 Å². The van der Waals surface area contributed by atoms with Gasteiger partial charge in [-0.15, -0.1) is 0 Å². The Labute approximate surface area is 148 Å². The Morgan fingerprint density at radius 2 is 1.60 bits per heavy atom. The van der Waals surface area contributed by atoms with E-state index >= 15 is 0 Å². The fourth-order valence-electron chi connectivity index (χ4n) is 3.07. The van der Waals surface area contributed by atoms with E-state index in [0.717, 1.165) is 22.3 Å². The zero-order chi connectivity index (χ0) is 18.2. The SMILES string of the molecule is CCN1C=C(c2ccc(S(C)(=O)=O)cc2)C(c2ccc(C)cc2)C1=O. The van der Waals surface area contributed by atoms with Crippen LogP contribution in [0.4, 0.5) is 0 Å². The summed E-state index contributed by atoms with van der Waals surface area (Å²) in [6.07, 6.45) is 3.07. The minimum Gasteiger partial charge on any atom is -0.318 e. The van der Waals surface area contributed by atoms with E-state index in [9.17, 15) is 13.2 Å². The molecular weight excluding hydrogens is 334 g/mol. The van der Waals surface area contributed by atoms with Crippen LogP contribution in [0.3, 0.4) is 0 Å². The molecule has 0 saturated carbocycles. The number of benzene rings is 2. The molecule has 2 aromatic carbocycles. The Bertz CT molecular complexity index is 926. The topological polar surface area (TPSA) is 54.5 Å². The molecule has 0 fully saturated rings. The maximum absolute atomic E-state index is 12.8. The highest BCUT2D eigenvalue weighted by Gasteiger charge is 2.34. The van der Waals surface area contributed by atoms with Crippen molar-refractivity contribution in [1.29, 1.82) is 0 Å². The van der Waals surface area contributed by atoms with Crippen LogP contribution in [0.2, 0.25) is 0 Å². The van der Waals surface area contributed by atoms with Crippen LogP contribution >= 0.6 is 0 Å². The number of hydrogen-bond donors (Lipinski definition) is 0. The summed E-state index contributed by atoms with van der Waals surface area (Å²) in [6.45, 7) is 4.56. The van der Waals surface area contributed by atoms with Gasteiger partial charge in [-0.2, -0.15) is 0 Å².